The fourth-order valence-electron chi connectivity index (χ4n) is 5.21. The number of unbranched alkanes of at least 4 members (excludes halogenated alkanes) is 4. The van der Waals surface area contributed by atoms with E-state index >= 15 is 0 Å². The number of rotatable bonds is 15. The van der Waals surface area contributed by atoms with Crippen molar-refractivity contribution < 1.29 is 0 Å². The van der Waals surface area contributed by atoms with Gasteiger partial charge in [0.05, 0.1) is 0 Å². The van der Waals surface area contributed by atoms with Crippen molar-refractivity contribution in [2.45, 2.75) is 129 Å². The first kappa shape index (κ1) is 23.8. The molecule has 1 saturated carbocycles. The van der Waals surface area contributed by atoms with Crippen LogP contribution in [0.5, 0.6) is 0 Å². The van der Waals surface area contributed by atoms with E-state index in [2.05, 4.69) is 33.0 Å². The van der Waals surface area contributed by atoms with Gasteiger partial charge in [-0.2, -0.15) is 0 Å². The second-order valence-corrected chi connectivity index (χ2v) is 22.7. The average molecular weight is 458 g/mol. The molecule has 25 heavy (non-hydrogen) atoms. The molecule has 1 nitrogen and oxygen atoms in total. The van der Waals surface area contributed by atoms with Gasteiger partial charge in [-0.1, -0.05) is 0 Å². The van der Waals surface area contributed by atoms with Crippen molar-refractivity contribution >= 4 is 18.4 Å². The molecular formula is C23H49NSn. The molecule has 1 aliphatic carbocycles. The van der Waals surface area contributed by atoms with E-state index in [1.807, 2.05) is 0 Å². The third-order valence-electron chi connectivity index (χ3n) is 6.76. The Morgan fingerprint density at radius 3 is 1.64 bits per heavy atom. The molecule has 0 spiro atoms. The Bertz CT molecular complexity index is 277. The van der Waals surface area contributed by atoms with Crippen LogP contribution in [0, 0.1) is 5.92 Å². The van der Waals surface area contributed by atoms with E-state index in [1.165, 1.54) is 90.0 Å². The van der Waals surface area contributed by atoms with Crippen LogP contribution in [0.1, 0.15) is 111 Å². The Kier molecular flexibility index (Phi) is 14.1. The molecule has 1 unspecified atom stereocenters. The van der Waals surface area contributed by atoms with Crippen LogP contribution in [0.3, 0.4) is 0 Å². The van der Waals surface area contributed by atoms with Gasteiger partial charge in [0.1, 0.15) is 0 Å². The predicted molar refractivity (Wildman–Crippen MR) is 118 cm³/mol. The molecule has 0 aromatic rings. The molecule has 1 N–H and O–H groups in total. The molecule has 0 heterocycles. The van der Waals surface area contributed by atoms with Crippen LogP contribution in [0.25, 0.3) is 0 Å². The molecule has 1 aliphatic rings. The third-order valence-corrected chi connectivity index (χ3v) is 24.0. The molecule has 1 rings (SSSR count). The first-order valence-corrected chi connectivity index (χ1v) is 19.7. The van der Waals surface area contributed by atoms with Gasteiger partial charge in [0.25, 0.3) is 0 Å². The summed E-state index contributed by atoms with van der Waals surface area (Å²) >= 11 is -2.16. The average Bonchev–Trinajstić information content (AvgIpc) is 2.66. The van der Waals surface area contributed by atoms with Crippen LogP contribution < -0.4 is 5.32 Å². The Labute approximate surface area is 164 Å². The fraction of sp³-hybridized carbons (Fsp3) is 1.00. The van der Waals surface area contributed by atoms with Gasteiger partial charge in [-0.15, -0.1) is 0 Å². The minimum atomic E-state index is -2.16. The van der Waals surface area contributed by atoms with Crippen molar-refractivity contribution in [2.24, 2.45) is 5.92 Å². The SMILES string of the molecule is CCCCN[CH](C1CCCCC1)[Sn]([CH2]CCC)([CH2]CCC)[CH2]CCC. The number of hydrogen-bond acceptors (Lipinski definition) is 1. The maximum atomic E-state index is 4.25. The first-order chi connectivity index (χ1) is 12.2. The molecule has 0 aromatic heterocycles. The standard InChI is InChI=1S/C11H22N.3C4H9.Sn/c1-2-3-9-12-10-11-7-5-4-6-8-11;3*1-3-4-2;/h10-12H,2-9H2,1H3;3*1,3-4H2,2H3;. The first-order valence-electron chi connectivity index (χ1n) is 12.0. The second-order valence-electron chi connectivity index (χ2n) is 8.86. The third kappa shape index (κ3) is 8.54. The molecule has 0 bridgehead atoms. The van der Waals surface area contributed by atoms with E-state index in [1.54, 1.807) is 13.3 Å². The van der Waals surface area contributed by atoms with Gasteiger partial charge in [-0.3, -0.25) is 0 Å². The van der Waals surface area contributed by atoms with Crippen molar-refractivity contribution in [3.8, 4) is 0 Å². The summed E-state index contributed by atoms with van der Waals surface area (Å²) in [5, 5.41) is 4.25. The quantitative estimate of drug-likeness (QED) is 0.196. The normalized spacial score (nSPS) is 17.8. The van der Waals surface area contributed by atoms with Crippen LogP contribution in [0.15, 0.2) is 0 Å². The van der Waals surface area contributed by atoms with E-state index in [-0.39, 0.29) is 0 Å². The summed E-state index contributed by atoms with van der Waals surface area (Å²) in [5.74, 6) is 1.03. The van der Waals surface area contributed by atoms with Crippen molar-refractivity contribution in [3.05, 3.63) is 0 Å². The topological polar surface area (TPSA) is 12.0 Å². The Morgan fingerprint density at radius 1 is 0.720 bits per heavy atom. The molecule has 1 atom stereocenters. The van der Waals surface area contributed by atoms with Crippen LogP contribution in [0.4, 0.5) is 0 Å². The summed E-state index contributed by atoms with van der Waals surface area (Å²) in [6.07, 6.45) is 19.1. The van der Waals surface area contributed by atoms with Gasteiger partial charge in [0.2, 0.25) is 0 Å². The zero-order valence-corrected chi connectivity index (χ0v) is 21.0. The maximum absolute atomic E-state index is 4.25. The number of nitrogens with one attached hydrogen (secondary N) is 1. The van der Waals surface area contributed by atoms with E-state index in [4.69, 9.17) is 0 Å². The van der Waals surface area contributed by atoms with Crippen LogP contribution in [-0.4, -0.2) is 29.0 Å². The van der Waals surface area contributed by atoms with E-state index < -0.39 is 18.4 Å². The molecule has 2 heteroatoms. The van der Waals surface area contributed by atoms with E-state index in [9.17, 15) is 0 Å². The molecule has 0 radical (unpaired) electrons. The van der Waals surface area contributed by atoms with E-state index in [0.717, 1.165) is 9.98 Å². The molecule has 0 aliphatic heterocycles. The Morgan fingerprint density at radius 2 is 1.20 bits per heavy atom. The van der Waals surface area contributed by atoms with Gasteiger partial charge >= 0.3 is 165 Å². The van der Waals surface area contributed by atoms with Crippen molar-refractivity contribution in [1.29, 1.82) is 0 Å². The minimum absolute atomic E-state index is 0.991. The zero-order valence-electron chi connectivity index (χ0n) is 18.2. The molecule has 0 aromatic carbocycles. The van der Waals surface area contributed by atoms with Gasteiger partial charge < -0.3 is 0 Å². The van der Waals surface area contributed by atoms with Gasteiger partial charge in [-0.25, -0.2) is 0 Å². The monoisotopic (exact) mass is 459 g/mol. The molecule has 0 saturated heterocycles. The summed E-state index contributed by atoms with van der Waals surface area (Å²) < 4.78 is 6.01. The van der Waals surface area contributed by atoms with Gasteiger partial charge in [-0.05, 0) is 0 Å². The summed E-state index contributed by atoms with van der Waals surface area (Å²) in [5.41, 5.74) is 0. The molecule has 0 amide bonds. The van der Waals surface area contributed by atoms with E-state index in [0.29, 0.717) is 0 Å². The molecule has 150 valence electrons. The Balaban J connectivity index is 3.01. The number of hydrogen-bond donors (Lipinski definition) is 1. The Hall–Kier alpha value is 0.759. The summed E-state index contributed by atoms with van der Waals surface area (Å²) in [6, 6.07) is 0. The van der Waals surface area contributed by atoms with Crippen molar-refractivity contribution in [3.63, 3.8) is 0 Å². The second kappa shape index (κ2) is 14.8. The van der Waals surface area contributed by atoms with Crippen molar-refractivity contribution in [2.75, 3.05) is 6.54 Å². The van der Waals surface area contributed by atoms with Gasteiger partial charge in [0, 0.05) is 0 Å². The summed E-state index contributed by atoms with van der Waals surface area (Å²) in [6.45, 7) is 10.9. The van der Waals surface area contributed by atoms with Gasteiger partial charge in [0.15, 0.2) is 0 Å². The summed E-state index contributed by atoms with van der Waals surface area (Å²) in [4.78, 5) is 0. The predicted octanol–water partition coefficient (Wildman–Crippen LogP) is 7.71. The zero-order chi connectivity index (χ0) is 18.4. The summed E-state index contributed by atoms with van der Waals surface area (Å²) in [7, 11) is 0. The molecular weight excluding hydrogens is 409 g/mol. The van der Waals surface area contributed by atoms with Crippen LogP contribution >= 0.6 is 0 Å². The van der Waals surface area contributed by atoms with Crippen LogP contribution in [-0.2, 0) is 0 Å². The molecule has 1 fully saturated rings. The fourth-order valence-corrected chi connectivity index (χ4v) is 24.5. The van der Waals surface area contributed by atoms with Crippen molar-refractivity contribution in [1.82, 2.24) is 5.32 Å². The van der Waals surface area contributed by atoms with Crippen LogP contribution in [0.2, 0.25) is 13.3 Å².